The molecule has 1 heterocycles. The molecule has 0 aliphatic rings. The monoisotopic (exact) mass is 449 g/mol. The Balaban J connectivity index is 2.46. The molecule has 0 fully saturated rings. The molecule has 0 bridgehead atoms. The summed E-state index contributed by atoms with van der Waals surface area (Å²) in [5.74, 6) is -0.665. The van der Waals surface area contributed by atoms with E-state index in [0.717, 1.165) is 39.6 Å². The van der Waals surface area contributed by atoms with Gasteiger partial charge in [-0.15, -0.1) is 0 Å². The molecule has 176 valence electrons. The zero-order chi connectivity index (χ0) is 24.7. The van der Waals surface area contributed by atoms with Crippen LogP contribution in [0.4, 0.5) is 0 Å². The number of aliphatic carboxylic acids is 1. The maximum Gasteiger partial charge on any atom is 0.339 e. The molecule has 1 unspecified atom stereocenters. The lowest BCUT2D eigenvalue weighted by Crippen LogP contribution is -2.33. The van der Waals surface area contributed by atoms with E-state index in [1.807, 2.05) is 65.0 Å². The third-order valence-electron chi connectivity index (χ3n) is 5.89. The molecule has 3 aromatic rings. The summed E-state index contributed by atoms with van der Waals surface area (Å²) < 4.78 is 7.46. The summed E-state index contributed by atoms with van der Waals surface area (Å²) in [4.78, 5) is 25.9. The number of carbonyl (C=O) groups is 1. The maximum absolute atomic E-state index is 13.5. The van der Waals surface area contributed by atoms with Gasteiger partial charge < -0.3 is 14.4 Å². The van der Waals surface area contributed by atoms with E-state index in [-0.39, 0.29) is 5.56 Å². The molecule has 3 rings (SSSR count). The number of rotatable bonds is 6. The average Bonchev–Trinajstić information content (AvgIpc) is 2.70. The Bertz CT molecular complexity index is 1260. The molecule has 0 saturated heterocycles. The van der Waals surface area contributed by atoms with Crippen LogP contribution < -0.4 is 5.56 Å². The fourth-order valence-electron chi connectivity index (χ4n) is 4.26. The molecular weight excluding hydrogens is 414 g/mol. The van der Waals surface area contributed by atoms with E-state index in [2.05, 4.69) is 19.9 Å². The Kier molecular flexibility index (Phi) is 6.85. The number of ether oxygens (including phenoxy) is 1. The number of pyridine rings is 1. The molecule has 0 saturated carbocycles. The predicted molar refractivity (Wildman–Crippen MR) is 134 cm³/mol. The molecular formula is C28H35NO4. The van der Waals surface area contributed by atoms with Crippen LogP contribution in [0.25, 0.3) is 21.9 Å². The van der Waals surface area contributed by atoms with E-state index in [4.69, 9.17) is 4.74 Å². The fourth-order valence-corrected chi connectivity index (χ4v) is 4.26. The van der Waals surface area contributed by atoms with Crippen LogP contribution in [0.2, 0.25) is 0 Å². The number of hydrogen-bond acceptors (Lipinski definition) is 3. The molecule has 1 N–H and O–H groups in total. The van der Waals surface area contributed by atoms with Gasteiger partial charge in [0.1, 0.15) is 0 Å². The minimum atomic E-state index is -1.29. The second-order valence-electron chi connectivity index (χ2n) is 10.3. The highest BCUT2D eigenvalue weighted by Crippen LogP contribution is 2.37. The van der Waals surface area contributed by atoms with Crippen LogP contribution in [0.3, 0.4) is 0 Å². The van der Waals surface area contributed by atoms with Crippen molar-refractivity contribution in [2.24, 2.45) is 13.0 Å². The van der Waals surface area contributed by atoms with E-state index in [1.54, 1.807) is 7.05 Å². The number of nitrogens with zero attached hydrogens (tertiary/aromatic N) is 1. The van der Waals surface area contributed by atoms with Gasteiger partial charge in [0.15, 0.2) is 6.10 Å². The van der Waals surface area contributed by atoms with Crippen LogP contribution in [0.5, 0.6) is 0 Å². The third-order valence-corrected chi connectivity index (χ3v) is 5.89. The van der Waals surface area contributed by atoms with Gasteiger partial charge >= 0.3 is 5.97 Å². The van der Waals surface area contributed by atoms with Crippen molar-refractivity contribution in [1.82, 2.24) is 4.57 Å². The summed E-state index contributed by atoms with van der Waals surface area (Å²) in [5.41, 5.74) is 4.35. The largest absolute Gasteiger partial charge is 0.479 e. The van der Waals surface area contributed by atoms with E-state index < -0.39 is 17.7 Å². The standard InChI is InChI=1S/C28H35NO4/c1-16(2)13-19-10-12-21-22(15-19)26(30)29(8)24(25(27(31)32)33-28(5,6)7)23(21)20-11-9-17(3)18(4)14-20/h9-12,14-16,25H,13H2,1-8H3,(H,31,32). The van der Waals surface area contributed by atoms with Gasteiger partial charge in [0.05, 0.1) is 11.3 Å². The molecule has 0 spiro atoms. The van der Waals surface area contributed by atoms with Gasteiger partial charge in [0, 0.05) is 18.0 Å². The summed E-state index contributed by atoms with van der Waals surface area (Å²) in [7, 11) is 1.64. The second kappa shape index (κ2) is 9.14. The molecule has 5 heteroatoms. The number of carboxylic acid groups (broad SMARTS) is 1. The Labute approximate surface area is 196 Å². The Hall–Kier alpha value is -2.92. The molecule has 0 aliphatic carbocycles. The third kappa shape index (κ3) is 5.19. The van der Waals surface area contributed by atoms with Crippen molar-refractivity contribution in [3.05, 3.63) is 69.1 Å². The molecule has 2 aromatic carbocycles. The smallest absolute Gasteiger partial charge is 0.339 e. The molecule has 0 amide bonds. The van der Waals surface area contributed by atoms with Crippen LogP contribution in [0.15, 0.2) is 41.2 Å². The van der Waals surface area contributed by atoms with Crippen LogP contribution in [-0.4, -0.2) is 21.2 Å². The predicted octanol–water partition coefficient (Wildman–Crippen LogP) is 5.96. The average molecular weight is 450 g/mol. The first kappa shape index (κ1) is 24.7. The van der Waals surface area contributed by atoms with Crippen molar-refractivity contribution in [1.29, 1.82) is 0 Å². The Morgan fingerprint density at radius 2 is 1.70 bits per heavy atom. The molecule has 1 aromatic heterocycles. The van der Waals surface area contributed by atoms with Crippen molar-refractivity contribution in [2.45, 2.75) is 66.6 Å². The summed E-state index contributed by atoms with van der Waals surface area (Å²) in [6, 6.07) is 12.0. The van der Waals surface area contributed by atoms with Gasteiger partial charge in [-0.3, -0.25) is 4.79 Å². The summed E-state index contributed by atoms with van der Waals surface area (Å²) in [6.07, 6.45) is -0.427. The van der Waals surface area contributed by atoms with Crippen LogP contribution >= 0.6 is 0 Å². The van der Waals surface area contributed by atoms with E-state index in [1.165, 1.54) is 4.57 Å². The quantitative estimate of drug-likeness (QED) is 0.504. The van der Waals surface area contributed by atoms with E-state index in [9.17, 15) is 14.7 Å². The number of aromatic nitrogens is 1. The lowest BCUT2D eigenvalue weighted by molar-refractivity contribution is -0.161. The first-order valence-corrected chi connectivity index (χ1v) is 11.4. The lowest BCUT2D eigenvalue weighted by atomic mass is 9.91. The number of benzene rings is 2. The molecule has 0 aliphatic heterocycles. The van der Waals surface area contributed by atoms with Crippen molar-refractivity contribution in [3.8, 4) is 11.1 Å². The SMILES string of the molecule is Cc1ccc(-c2c(C(OC(C)(C)C)C(=O)O)n(C)c(=O)c3cc(CC(C)C)ccc23)cc1C. The van der Waals surface area contributed by atoms with Crippen molar-refractivity contribution < 1.29 is 14.6 Å². The zero-order valence-electron chi connectivity index (χ0n) is 20.9. The summed E-state index contributed by atoms with van der Waals surface area (Å²) in [6.45, 7) is 13.8. The van der Waals surface area contributed by atoms with Crippen molar-refractivity contribution in [2.75, 3.05) is 0 Å². The van der Waals surface area contributed by atoms with Crippen LogP contribution in [-0.2, 0) is 23.0 Å². The van der Waals surface area contributed by atoms with Gasteiger partial charge in [0.2, 0.25) is 0 Å². The maximum atomic E-state index is 13.5. The molecule has 5 nitrogen and oxygen atoms in total. The lowest BCUT2D eigenvalue weighted by Gasteiger charge is -2.28. The van der Waals surface area contributed by atoms with Gasteiger partial charge in [-0.1, -0.05) is 44.2 Å². The van der Waals surface area contributed by atoms with Gasteiger partial charge in [-0.2, -0.15) is 0 Å². The number of fused-ring (bicyclic) bond motifs is 1. The van der Waals surface area contributed by atoms with Crippen molar-refractivity contribution >= 4 is 16.7 Å². The highest BCUT2D eigenvalue weighted by atomic mass is 16.5. The van der Waals surface area contributed by atoms with Gasteiger partial charge in [-0.25, -0.2) is 4.79 Å². The van der Waals surface area contributed by atoms with Crippen LogP contribution in [0, 0.1) is 19.8 Å². The van der Waals surface area contributed by atoms with Crippen LogP contribution in [0.1, 0.15) is 63.1 Å². The van der Waals surface area contributed by atoms with Gasteiger partial charge in [-0.05, 0) is 80.7 Å². The molecule has 0 radical (unpaired) electrons. The normalized spacial score (nSPS) is 13.0. The zero-order valence-corrected chi connectivity index (χ0v) is 20.9. The minimum Gasteiger partial charge on any atom is -0.479 e. The molecule has 1 atom stereocenters. The first-order chi connectivity index (χ1) is 15.3. The number of aryl methyl sites for hydroxylation is 2. The van der Waals surface area contributed by atoms with E-state index in [0.29, 0.717) is 17.0 Å². The Morgan fingerprint density at radius 3 is 2.24 bits per heavy atom. The molecule has 33 heavy (non-hydrogen) atoms. The van der Waals surface area contributed by atoms with E-state index >= 15 is 0 Å². The Morgan fingerprint density at radius 1 is 1.03 bits per heavy atom. The number of carboxylic acids is 1. The highest BCUT2D eigenvalue weighted by Gasteiger charge is 2.33. The highest BCUT2D eigenvalue weighted by molar-refractivity contribution is 5.99. The second-order valence-corrected chi connectivity index (χ2v) is 10.3. The number of hydrogen-bond donors (Lipinski definition) is 1. The first-order valence-electron chi connectivity index (χ1n) is 11.4. The fraction of sp³-hybridized carbons (Fsp3) is 0.429. The summed E-state index contributed by atoms with van der Waals surface area (Å²) in [5, 5.41) is 11.5. The minimum absolute atomic E-state index is 0.220. The topological polar surface area (TPSA) is 68.5 Å². The summed E-state index contributed by atoms with van der Waals surface area (Å²) >= 11 is 0. The van der Waals surface area contributed by atoms with Crippen molar-refractivity contribution in [3.63, 3.8) is 0 Å². The van der Waals surface area contributed by atoms with Gasteiger partial charge in [0.25, 0.3) is 5.56 Å².